The highest BCUT2D eigenvalue weighted by atomic mass is 32.1. The maximum atomic E-state index is 11.7. The lowest BCUT2D eigenvalue weighted by molar-refractivity contribution is -0.136. The zero-order valence-electron chi connectivity index (χ0n) is 9.01. The lowest BCUT2D eigenvalue weighted by Crippen LogP contribution is -2.26. The van der Waals surface area contributed by atoms with Crippen LogP contribution in [0.2, 0.25) is 0 Å². The Morgan fingerprint density at radius 3 is 3.12 bits per heavy atom. The van der Waals surface area contributed by atoms with Gasteiger partial charge in [0.25, 0.3) is 5.91 Å². The van der Waals surface area contributed by atoms with Gasteiger partial charge in [0.15, 0.2) is 5.13 Å². The highest BCUT2D eigenvalue weighted by molar-refractivity contribution is 7.13. The molecule has 1 fully saturated rings. The van der Waals surface area contributed by atoms with Gasteiger partial charge in [-0.15, -0.1) is 11.3 Å². The summed E-state index contributed by atoms with van der Waals surface area (Å²) < 4.78 is 5.23. The molecule has 0 radical (unpaired) electrons. The molecule has 0 bridgehead atoms. The highest BCUT2D eigenvalue weighted by Gasteiger charge is 2.24. The fourth-order valence-electron chi connectivity index (χ4n) is 1.57. The topological polar surface area (TPSA) is 88.5 Å². The summed E-state index contributed by atoms with van der Waals surface area (Å²) in [6, 6.07) is 0. The smallest absolute Gasteiger partial charge is 0.309 e. The van der Waals surface area contributed by atoms with Crippen LogP contribution in [0.25, 0.3) is 0 Å². The van der Waals surface area contributed by atoms with Crippen LogP contribution in [0.4, 0.5) is 5.13 Å². The van der Waals surface area contributed by atoms with Crippen molar-refractivity contribution in [3.8, 4) is 0 Å². The normalized spacial score (nSPS) is 19.2. The predicted molar refractivity (Wildman–Crippen MR) is 61.1 cm³/mol. The second-order valence-electron chi connectivity index (χ2n) is 3.71. The van der Waals surface area contributed by atoms with Gasteiger partial charge < -0.3 is 9.84 Å². The van der Waals surface area contributed by atoms with Crippen LogP contribution in [0.3, 0.4) is 0 Å². The van der Waals surface area contributed by atoms with Crippen molar-refractivity contribution in [2.75, 3.05) is 11.9 Å². The molecule has 2 heterocycles. The molecule has 1 saturated heterocycles. The van der Waals surface area contributed by atoms with Crippen molar-refractivity contribution in [3.63, 3.8) is 0 Å². The van der Waals surface area contributed by atoms with E-state index in [1.807, 2.05) is 0 Å². The van der Waals surface area contributed by atoms with E-state index in [2.05, 4.69) is 10.3 Å². The van der Waals surface area contributed by atoms with Crippen LogP contribution in [0.5, 0.6) is 0 Å². The number of carbonyl (C=O) groups excluding carboxylic acids is 1. The van der Waals surface area contributed by atoms with Crippen LogP contribution in [0.15, 0.2) is 5.38 Å². The Bertz CT molecular complexity index is 426. The number of carboxylic acids is 1. The fraction of sp³-hybridized carbons (Fsp3) is 0.500. The van der Waals surface area contributed by atoms with Crippen LogP contribution in [0, 0.1) is 0 Å². The number of amides is 1. The van der Waals surface area contributed by atoms with Gasteiger partial charge in [-0.3, -0.25) is 14.9 Å². The summed E-state index contributed by atoms with van der Waals surface area (Å²) >= 11 is 1.22. The zero-order valence-corrected chi connectivity index (χ0v) is 9.83. The number of carboxylic acid groups (broad SMARTS) is 1. The number of ether oxygens (including phenoxy) is 1. The standard InChI is InChI=1S/C10H12N2O4S/c13-8(14)4-6-5-17-10(11-6)12-9(15)7-2-1-3-16-7/h5,7H,1-4H2,(H,13,14)(H,11,12,15)/t7-/m1/s1. The molecular weight excluding hydrogens is 244 g/mol. The first-order chi connectivity index (χ1) is 8.15. The van der Waals surface area contributed by atoms with Gasteiger partial charge in [-0.1, -0.05) is 0 Å². The van der Waals surface area contributed by atoms with E-state index in [4.69, 9.17) is 9.84 Å². The summed E-state index contributed by atoms with van der Waals surface area (Å²) in [5.74, 6) is -1.15. The molecule has 0 spiro atoms. The molecule has 1 amide bonds. The van der Waals surface area contributed by atoms with E-state index in [-0.39, 0.29) is 12.3 Å². The number of carbonyl (C=O) groups is 2. The molecule has 6 nitrogen and oxygen atoms in total. The summed E-state index contributed by atoms with van der Waals surface area (Å²) in [5.41, 5.74) is 0.449. The summed E-state index contributed by atoms with van der Waals surface area (Å²) in [6.07, 6.45) is 1.08. The molecule has 2 N–H and O–H groups in total. The second kappa shape index (κ2) is 5.24. The summed E-state index contributed by atoms with van der Waals surface area (Å²) in [7, 11) is 0. The second-order valence-corrected chi connectivity index (χ2v) is 4.56. The molecule has 0 saturated carbocycles. The minimum absolute atomic E-state index is 0.133. The summed E-state index contributed by atoms with van der Waals surface area (Å²) in [5, 5.41) is 13.3. The van der Waals surface area contributed by atoms with Gasteiger partial charge in [-0.05, 0) is 12.8 Å². The molecule has 17 heavy (non-hydrogen) atoms. The average Bonchev–Trinajstić information content (AvgIpc) is 2.87. The van der Waals surface area contributed by atoms with Crippen LogP contribution in [-0.4, -0.2) is 34.7 Å². The van der Waals surface area contributed by atoms with E-state index in [0.29, 0.717) is 17.4 Å². The van der Waals surface area contributed by atoms with E-state index in [1.54, 1.807) is 5.38 Å². The number of thiazole rings is 1. The number of hydrogen-bond acceptors (Lipinski definition) is 5. The molecular formula is C10H12N2O4S. The molecule has 7 heteroatoms. The van der Waals surface area contributed by atoms with Gasteiger partial charge in [0.2, 0.25) is 0 Å². The minimum atomic E-state index is -0.938. The molecule has 1 atom stereocenters. The first kappa shape index (κ1) is 12.0. The van der Waals surface area contributed by atoms with Crippen molar-refractivity contribution in [2.45, 2.75) is 25.4 Å². The monoisotopic (exact) mass is 256 g/mol. The zero-order chi connectivity index (χ0) is 12.3. The van der Waals surface area contributed by atoms with E-state index < -0.39 is 12.1 Å². The van der Waals surface area contributed by atoms with Crippen LogP contribution in [0.1, 0.15) is 18.5 Å². The van der Waals surface area contributed by atoms with Gasteiger partial charge in [0.05, 0.1) is 12.1 Å². The number of hydrogen-bond donors (Lipinski definition) is 2. The molecule has 1 aromatic heterocycles. The lowest BCUT2D eigenvalue weighted by Gasteiger charge is -2.07. The van der Waals surface area contributed by atoms with Gasteiger partial charge >= 0.3 is 5.97 Å². The Morgan fingerprint density at radius 1 is 1.65 bits per heavy atom. The number of nitrogens with one attached hydrogen (secondary N) is 1. The Kier molecular flexibility index (Phi) is 3.70. The van der Waals surface area contributed by atoms with Crippen molar-refractivity contribution < 1.29 is 19.4 Å². The Hall–Kier alpha value is -1.47. The first-order valence-corrected chi connectivity index (χ1v) is 6.12. The molecule has 1 aromatic rings. The molecule has 0 unspecified atom stereocenters. The average molecular weight is 256 g/mol. The van der Waals surface area contributed by atoms with Gasteiger partial charge in [-0.2, -0.15) is 0 Å². The van der Waals surface area contributed by atoms with Gasteiger partial charge in [0, 0.05) is 12.0 Å². The fourth-order valence-corrected chi connectivity index (χ4v) is 2.28. The quantitative estimate of drug-likeness (QED) is 0.835. The molecule has 2 rings (SSSR count). The Labute approximate surface area is 102 Å². The Morgan fingerprint density at radius 2 is 2.47 bits per heavy atom. The molecule has 1 aliphatic rings. The van der Waals surface area contributed by atoms with E-state index in [0.717, 1.165) is 12.8 Å². The van der Waals surface area contributed by atoms with Crippen LogP contribution >= 0.6 is 11.3 Å². The third-order valence-corrected chi connectivity index (χ3v) is 3.14. The van der Waals surface area contributed by atoms with Gasteiger partial charge in [-0.25, -0.2) is 4.98 Å². The molecule has 0 aliphatic carbocycles. The highest BCUT2D eigenvalue weighted by Crippen LogP contribution is 2.18. The predicted octanol–water partition coefficient (Wildman–Crippen LogP) is 0.888. The molecule has 0 aromatic carbocycles. The third kappa shape index (κ3) is 3.24. The van der Waals surface area contributed by atoms with E-state index >= 15 is 0 Å². The maximum Gasteiger partial charge on any atom is 0.309 e. The summed E-state index contributed by atoms with van der Waals surface area (Å²) in [4.78, 5) is 26.1. The maximum absolute atomic E-state index is 11.7. The molecule has 92 valence electrons. The van der Waals surface area contributed by atoms with Crippen LogP contribution in [-0.2, 0) is 20.7 Å². The lowest BCUT2D eigenvalue weighted by atomic mass is 10.2. The molecule has 1 aliphatic heterocycles. The number of nitrogens with zero attached hydrogens (tertiary/aromatic N) is 1. The number of aromatic nitrogens is 1. The van der Waals surface area contributed by atoms with E-state index in [1.165, 1.54) is 11.3 Å². The van der Waals surface area contributed by atoms with Gasteiger partial charge in [0.1, 0.15) is 6.10 Å². The largest absolute Gasteiger partial charge is 0.481 e. The minimum Gasteiger partial charge on any atom is -0.481 e. The SMILES string of the molecule is O=C(O)Cc1csc(NC(=O)[C@H]2CCCO2)n1. The number of rotatable bonds is 4. The third-order valence-electron chi connectivity index (χ3n) is 2.34. The first-order valence-electron chi connectivity index (χ1n) is 5.24. The van der Waals surface area contributed by atoms with Crippen molar-refractivity contribution in [1.29, 1.82) is 0 Å². The van der Waals surface area contributed by atoms with Crippen molar-refractivity contribution in [1.82, 2.24) is 4.98 Å². The van der Waals surface area contributed by atoms with Crippen molar-refractivity contribution in [3.05, 3.63) is 11.1 Å². The van der Waals surface area contributed by atoms with Crippen molar-refractivity contribution in [2.24, 2.45) is 0 Å². The van der Waals surface area contributed by atoms with E-state index in [9.17, 15) is 9.59 Å². The van der Waals surface area contributed by atoms with Crippen LogP contribution < -0.4 is 5.32 Å². The van der Waals surface area contributed by atoms with Crippen molar-refractivity contribution >= 4 is 28.3 Å². The summed E-state index contributed by atoms with van der Waals surface area (Å²) in [6.45, 7) is 0.611. The Balaban J connectivity index is 1.91. The number of anilines is 1. The number of aliphatic carboxylic acids is 1.